The number of nitriles is 1. The monoisotopic (exact) mass is 1960 g/mol. The van der Waals surface area contributed by atoms with Crippen LogP contribution in [0.3, 0.4) is 0 Å². The number of Topliss-reactive ketones (excluding diaryl/α,β-unsaturated/α-hetero) is 2. The molecule has 4 aromatic carbocycles. The third-order valence-electron chi connectivity index (χ3n) is 22.8. The van der Waals surface area contributed by atoms with Crippen LogP contribution in [0.4, 0.5) is 0 Å². The normalized spacial score (nSPS) is 25.9. The fraction of sp³-hybridized carbons (Fsp3) is 0.628. The molecule has 13 aliphatic rings. The van der Waals surface area contributed by atoms with Gasteiger partial charge in [0.05, 0.1) is 61.7 Å². The summed E-state index contributed by atoms with van der Waals surface area (Å²) < 4.78 is 52.5. The van der Waals surface area contributed by atoms with E-state index in [1.807, 2.05) is 37.5 Å². The molecule has 0 aromatic heterocycles. The van der Waals surface area contributed by atoms with Gasteiger partial charge < -0.3 is 60.4 Å². The summed E-state index contributed by atoms with van der Waals surface area (Å²) in [7, 11) is 22.8. The first-order chi connectivity index (χ1) is 55.3. The Kier molecular flexibility index (Phi) is 45.7. The molecule has 9 aliphatic heterocycles. The van der Waals surface area contributed by atoms with E-state index in [2.05, 4.69) is 126 Å². The zero-order valence-corrected chi connectivity index (χ0v) is 84.3. The topological polar surface area (TPSA) is 263 Å². The number of halogens is 7. The summed E-state index contributed by atoms with van der Waals surface area (Å²) in [6.45, 7) is 15.2. The van der Waals surface area contributed by atoms with Crippen molar-refractivity contribution in [3.63, 3.8) is 0 Å². The zero-order valence-electron chi connectivity index (χ0n) is 69.8. The standard InChI is InChI=1S/C21H29N3O3.C20H24N2O2.C19H24O3.C13H13BrO3.C6H11.C5H11NSi.CH5NO.CH3O.BrH.5ClH.Na.Ti.Zn/c1-24-19(22)23-21(27-24)13-20(10-5-11-25-14-20)26-18-9-8-16(12-17(18)21)15-6-3-2-4-7-15;21-14-22-18-12-20(9-4-10-23-13-20)24-19-8-7-16(11-17(18)19)15-5-2-1-3-6-15;20-17-12-19(9-4-10-21-13-19)22-18-8-7-15(11-16(17)18)14-5-2-1-3-6-14;14-9-2-3-12-10(6-9)11(15)7-13(17-12)4-1-5-16-8-13;1-2-4-6-5-3-1;1-5-6-7(2,3)4;1-2-3;1-2;;;;;;;;;/h8-9,12,15H,2-7,10-11,13-14H2,1H3,(H2,22,23);7-8,11,15H,1-6,9-10,12-13H2;7-8,11,14H,1-6,9-10,12-13H2;2-3,6H,1,4-5,7-8H2;1H,2-6H2;1H2,2-4H3;2-3H,1H3;1H3;6*1H;;;/q;;;;-1;;;-1;;;;;;;+1;+4;+2/p-5. The first-order valence-corrected chi connectivity index (χ1v) is 61.0. The molecule has 0 bridgehead atoms. The van der Waals surface area contributed by atoms with E-state index in [0.717, 1.165) is 129 Å². The number of hydroxylamine groups is 3. The van der Waals surface area contributed by atoms with Crippen molar-refractivity contribution in [1.29, 1.82) is 5.26 Å². The van der Waals surface area contributed by atoms with Crippen LogP contribution in [0.2, 0.25) is 19.6 Å². The van der Waals surface area contributed by atoms with E-state index in [1.54, 1.807) is 10.5 Å². The van der Waals surface area contributed by atoms with Gasteiger partial charge in [-0.05, 0) is 211 Å². The predicted molar refractivity (Wildman–Crippen MR) is 466 cm³/mol. The second-order valence-corrected chi connectivity index (χ2v) is 53.7. The first-order valence-electron chi connectivity index (χ1n) is 41.2. The quantitative estimate of drug-likeness (QED) is 0.0564. The number of rotatable bonds is 4. The molecule has 5 atom stereocenters. The molecule has 0 amide bonds. The summed E-state index contributed by atoms with van der Waals surface area (Å²) in [5.41, 5.74) is 13.9. The SMILES string of the molecule is C=C=N[Si](C)(C)C.CN1OC2(CC3(CCCOC3)Oc3ccc(C4CCCCC4)cc32)N=C1N.CNO.C[O-].Cl.N#CN=C1CC2(CCCOC2)Oc2ccc(C3CCCCC3)cc21.O=C1CC2(CCCOC2)Oc2ccc(Br)cc21.O=C1CC2(CCCOC2)Oc2ccc(C3CCCCC3)cc21.[CH-]1CCCCC1.[Cl][Ti]([Cl])([Cl])[Cl].[Na+].[Zn+][Br]. The third kappa shape index (κ3) is 31.8. The number of aliphatic imine (C=N–C) groups is 2. The van der Waals surface area contributed by atoms with Gasteiger partial charge in [-0.1, -0.05) is 111 Å². The molecule has 638 valence electrons. The van der Waals surface area contributed by atoms with E-state index in [-0.39, 0.29) is 59.1 Å². The number of nitrogens with zero attached hydrogens (tertiary/aromatic N) is 5. The molecule has 5 spiro atoms. The molecular weight excluding hydrogens is 1840 g/mol. The van der Waals surface area contributed by atoms with Gasteiger partial charge in [0.1, 0.15) is 45.4 Å². The van der Waals surface area contributed by atoms with Crippen molar-refractivity contribution >= 4 is 117 Å². The van der Waals surface area contributed by atoms with Crippen molar-refractivity contribution in [2.75, 3.05) is 74.1 Å². The van der Waals surface area contributed by atoms with Crippen molar-refractivity contribution in [2.45, 2.75) is 271 Å². The Labute approximate surface area is 769 Å². The van der Waals surface area contributed by atoms with Crippen LogP contribution in [-0.4, -0.2) is 144 Å². The van der Waals surface area contributed by atoms with Gasteiger partial charge in [-0.3, -0.25) is 14.2 Å². The Morgan fingerprint density at radius 1 is 0.615 bits per heavy atom. The summed E-state index contributed by atoms with van der Waals surface area (Å²) in [5.74, 6) is 8.40. The van der Waals surface area contributed by atoms with Gasteiger partial charge in [0.25, 0.3) is 0 Å². The maximum absolute atomic E-state index is 12.7. The Hall–Kier alpha value is -2.06. The maximum atomic E-state index is 12.7. The molecule has 20 nitrogen and oxygen atoms in total. The summed E-state index contributed by atoms with van der Waals surface area (Å²) in [6.07, 6.45) is 40.8. The molecule has 4 aromatic rings. The Bertz CT molecular complexity index is 3880. The van der Waals surface area contributed by atoms with E-state index in [4.69, 9.17) is 106 Å². The second-order valence-electron chi connectivity index (χ2n) is 32.8. The van der Waals surface area contributed by atoms with Crippen LogP contribution in [0.25, 0.3) is 0 Å². The molecule has 17 rings (SSSR count). The average molecular weight is 1960 g/mol. The number of ketones is 2. The molecule has 4 N–H and O–H groups in total. The molecule has 117 heavy (non-hydrogen) atoms. The molecule has 4 saturated carbocycles. The van der Waals surface area contributed by atoms with Gasteiger partial charge in [0, 0.05) is 63.4 Å². The van der Waals surface area contributed by atoms with Gasteiger partial charge in [-0.25, -0.2) is 20.4 Å². The first kappa shape index (κ1) is 104. The number of fused-ring (bicyclic) bond motifs is 5. The molecule has 31 heteroatoms. The molecule has 4 saturated heterocycles. The minimum absolute atomic E-state index is 0. The number of carbonyl (C=O) groups is 2. The number of ether oxygens (including phenoxy) is 8. The molecule has 9 heterocycles. The van der Waals surface area contributed by atoms with Crippen LogP contribution < -0.4 is 64.8 Å². The van der Waals surface area contributed by atoms with Crippen molar-refractivity contribution in [2.24, 2.45) is 20.4 Å². The van der Waals surface area contributed by atoms with E-state index >= 15 is 0 Å². The van der Waals surface area contributed by atoms with Crippen LogP contribution in [0.15, 0.2) is 98.5 Å². The fourth-order valence-corrected chi connectivity index (χ4v) is 18.4. The second kappa shape index (κ2) is 51.5. The predicted octanol–water partition coefficient (Wildman–Crippen LogP) is 18.4. The Balaban J connectivity index is 0.000000221. The molecule has 4 aliphatic carbocycles. The van der Waals surface area contributed by atoms with E-state index in [1.165, 1.54) is 168 Å². The number of hydrogen-bond acceptors (Lipinski definition) is 20. The average Bonchev–Trinajstić information content (AvgIpc) is 1.60. The van der Waals surface area contributed by atoms with Gasteiger partial charge in [-0.2, -0.15) is 30.2 Å². The molecule has 5 unspecified atom stereocenters. The van der Waals surface area contributed by atoms with Crippen LogP contribution in [0.1, 0.15) is 272 Å². The number of guanidine groups is 1. The van der Waals surface area contributed by atoms with E-state index in [9.17, 15) is 9.59 Å². The van der Waals surface area contributed by atoms with Gasteiger partial charge in [-0.15, -0.1) is 12.4 Å². The molecular formula is C86H121Br2Cl5N7NaO13SiTiZn. The number of nitrogens with one attached hydrogen (secondary N) is 1. The molecule has 8 fully saturated rings. The van der Waals surface area contributed by atoms with E-state index in [0.29, 0.717) is 87.1 Å². The van der Waals surface area contributed by atoms with Crippen LogP contribution in [-0.2, 0) is 58.2 Å². The van der Waals surface area contributed by atoms with Crippen LogP contribution in [0, 0.1) is 17.9 Å². The summed E-state index contributed by atoms with van der Waals surface area (Å²) >= 11 is 4.51. The number of benzene rings is 4. The summed E-state index contributed by atoms with van der Waals surface area (Å²) in [6, 6.07) is 25.0. The Morgan fingerprint density at radius 2 is 0.983 bits per heavy atom. The third-order valence-corrected chi connectivity index (χ3v) is 24.1. The summed E-state index contributed by atoms with van der Waals surface area (Å²) in [5, 5.41) is 26.3. The van der Waals surface area contributed by atoms with Gasteiger partial charge in [0.15, 0.2) is 19.8 Å². The zero-order chi connectivity index (χ0) is 83.1. The van der Waals surface area contributed by atoms with Crippen LogP contribution in [0.5, 0.6) is 23.0 Å². The fourth-order valence-electron chi connectivity index (χ4n) is 17.5. The van der Waals surface area contributed by atoms with Gasteiger partial charge >= 0.3 is 109 Å². The molecule has 0 radical (unpaired) electrons. The van der Waals surface area contributed by atoms with Crippen molar-refractivity contribution in [3.8, 4) is 29.2 Å². The number of hydrogen-bond donors (Lipinski definition) is 3. The Morgan fingerprint density at radius 3 is 1.34 bits per heavy atom. The van der Waals surface area contributed by atoms with E-state index < -0.39 is 43.1 Å². The van der Waals surface area contributed by atoms with Gasteiger partial charge in [0.2, 0.25) is 17.9 Å². The number of carbonyl (C=O) groups excluding carboxylic acids is 2. The van der Waals surface area contributed by atoms with Crippen LogP contribution >= 0.6 is 79.2 Å². The minimum atomic E-state index is -3.11. The summed E-state index contributed by atoms with van der Waals surface area (Å²) in [4.78, 5) is 40.0. The van der Waals surface area contributed by atoms with Crippen molar-refractivity contribution < 1.29 is 121 Å². The van der Waals surface area contributed by atoms with Crippen molar-refractivity contribution in [1.82, 2.24) is 10.5 Å². The van der Waals surface area contributed by atoms with Crippen molar-refractivity contribution in [3.05, 3.63) is 129 Å². The number of nitrogens with two attached hydrogens (primary N) is 1.